The van der Waals surface area contributed by atoms with Gasteiger partial charge in [-0.3, -0.25) is 0 Å². The van der Waals surface area contributed by atoms with Crippen molar-refractivity contribution in [1.82, 2.24) is 0 Å². The molecule has 0 saturated carbocycles. The first-order valence-electron chi connectivity index (χ1n) is 5.85. The van der Waals surface area contributed by atoms with E-state index in [1.54, 1.807) is 24.3 Å². The minimum atomic E-state index is 0.361. The van der Waals surface area contributed by atoms with E-state index in [9.17, 15) is 0 Å². The van der Waals surface area contributed by atoms with Crippen molar-refractivity contribution in [3.8, 4) is 17.2 Å². The number of anilines is 1. The maximum absolute atomic E-state index is 6.06. The van der Waals surface area contributed by atoms with E-state index < -0.39 is 0 Å². The van der Waals surface area contributed by atoms with Gasteiger partial charge in [0.25, 0.3) is 0 Å². The molecule has 20 heavy (non-hydrogen) atoms. The van der Waals surface area contributed by atoms with Gasteiger partial charge in [-0.2, -0.15) is 0 Å². The number of hydrogen-bond acceptors (Lipinski definition) is 3. The smallest absolute Gasteiger partial charge is 0.147 e. The highest BCUT2D eigenvalue weighted by molar-refractivity contribution is 6.43. The highest BCUT2D eigenvalue weighted by Gasteiger charge is 2.09. The van der Waals surface area contributed by atoms with Crippen LogP contribution in [0.4, 0.5) is 5.69 Å². The quantitative estimate of drug-likeness (QED) is 0.600. The van der Waals surface area contributed by atoms with E-state index in [0.29, 0.717) is 44.6 Å². The lowest BCUT2D eigenvalue weighted by molar-refractivity contribution is 0.338. The fraction of sp³-hybridized carbons (Fsp3) is 0.143. The summed E-state index contributed by atoms with van der Waals surface area (Å²) in [4.78, 5) is 0. The number of ether oxygens (including phenoxy) is 2. The van der Waals surface area contributed by atoms with Gasteiger partial charge in [-0.15, -0.1) is 0 Å². The van der Waals surface area contributed by atoms with Crippen LogP contribution < -0.4 is 15.2 Å². The molecular formula is C14H12Cl3NO2. The first-order valence-corrected chi connectivity index (χ1v) is 6.98. The van der Waals surface area contributed by atoms with Gasteiger partial charge in [-0.05, 0) is 13.0 Å². The minimum absolute atomic E-state index is 0.361. The average Bonchev–Trinajstić information content (AvgIpc) is 2.35. The molecule has 2 rings (SSSR count). The third-order valence-corrected chi connectivity index (χ3v) is 3.43. The van der Waals surface area contributed by atoms with Crippen molar-refractivity contribution < 1.29 is 9.47 Å². The van der Waals surface area contributed by atoms with E-state index in [4.69, 9.17) is 50.0 Å². The third kappa shape index (κ3) is 3.63. The van der Waals surface area contributed by atoms with Crippen LogP contribution in [0.3, 0.4) is 0 Å². The molecule has 0 heterocycles. The second kappa shape index (κ2) is 6.44. The van der Waals surface area contributed by atoms with E-state index in [0.717, 1.165) is 0 Å². The Kier molecular flexibility index (Phi) is 4.86. The van der Waals surface area contributed by atoms with Gasteiger partial charge in [-0.25, -0.2) is 0 Å². The molecule has 0 amide bonds. The molecule has 0 spiro atoms. The van der Waals surface area contributed by atoms with E-state index in [-0.39, 0.29) is 0 Å². The number of hydrogen-bond donors (Lipinski definition) is 1. The van der Waals surface area contributed by atoms with Crippen LogP contribution in [-0.4, -0.2) is 6.61 Å². The predicted molar refractivity (Wildman–Crippen MR) is 83.6 cm³/mol. The third-order valence-electron chi connectivity index (χ3n) is 2.42. The van der Waals surface area contributed by atoms with Gasteiger partial charge in [0.15, 0.2) is 0 Å². The lowest BCUT2D eigenvalue weighted by Crippen LogP contribution is -1.95. The predicted octanol–water partition coefficient (Wildman–Crippen LogP) is 5.42. The Hall–Kier alpha value is -1.29. The van der Waals surface area contributed by atoms with E-state index >= 15 is 0 Å². The zero-order valence-corrected chi connectivity index (χ0v) is 12.9. The van der Waals surface area contributed by atoms with Gasteiger partial charge >= 0.3 is 0 Å². The maximum Gasteiger partial charge on any atom is 0.147 e. The Balaban J connectivity index is 2.32. The molecule has 0 aliphatic carbocycles. The Morgan fingerprint density at radius 3 is 2.25 bits per heavy atom. The normalized spacial score (nSPS) is 10.4. The summed E-state index contributed by atoms with van der Waals surface area (Å²) < 4.78 is 11.1. The summed E-state index contributed by atoms with van der Waals surface area (Å²) in [5.74, 6) is 1.53. The largest absolute Gasteiger partial charge is 0.494 e. The summed E-state index contributed by atoms with van der Waals surface area (Å²) in [6.07, 6.45) is 0. The van der Waals surface area contributed by atoms with Gasteiger partial charge in [-0.1, -0.05) is 34.8 Å². The van der Waals surface area contributed by atoms with Gasteiger partial charge in [0, 0.05) is 30.0 Å². The van der Waals surface area contributed by atoms with Gasteiger partial charge in [0.1, 0.15) is 17.2 Å². The molecule has 0 radical (unpaired) electrons. The van der Waals surface area contributed by atoms with Crippen LogP contribution in [0.1, 0.15) is 6.92 Å². The topological polar surface area (TPSA) is 44.5 Å². The molecule has 2 N–H and O–H groups in total. The maximum atomic E-state index is 6.06. The summed E-state index contributed by atoms with van der Waals surface area (Å²) in [6, 6.07) is 8.18. The Morgan fingerprint density at radius 2 is 1.55 bits per heavy atom. The SMILES string of the molecule is CCOc1cc(N)cc(Oc2cc(Cl)c(Cl)cc2Cl)c1. The standard InChI is InChI=1S/C14H12Cl3NO2/c1-2-19-9-3-8(18)4-10(5-9)20-14-7-12(16)11(15)6-13(14)17/h3-7H,2,18H2,1H3. The van der Waals surface area contributed by atoms with E-state index in [1.807, 2.05) is 6.92 Å². The lowest BCUT2D eigenvalue weighted by atomic mass is 10.3. The average molecular weight is 333 g/mol. The van der Waals surface area contributed by atoms with Crippen LogP contribution in [0.5, 0.6) is 17.2 Å². The number of nitrogens with two attached hydrogens (primary N) is 1. The van der Waals surface area contributed by atoms with Crippen LogP contribution in [-0.2, 0) is 0 Å². The summed E-state index contributed by atoms with van der Waals surface area (Å²) >= 11 is 17.9. The summed E-state index contributed by atoms with van der Waals surface area (Å²) in [7, 11) is 0. The van der Waals surface area contributed by atoms with E-state index in [1.165, 1.54) is 6.07 Å². The molecule has 2 aromatic carbocycles. The first-order chi connectivity index (χ1) is 9.49. The number of nitrogen functional groups attached to an aromatic ring is 1. The molecule has 0 fully saturated rings. The molecule has 6 heteroatoms. The highest BCUT2D eigenvalue weighted by atomic mass is 35.5. The van der Waals surface area contributed by atoms with Crippen LogP contribution in [0.15, 0.2) is 30.3 Å². The fourth-order valence-electron chi connectivity index (χ4n) is 1.61. The van der Waals surface area contributed by atoms with E-state index in [2.05, 4.69) is 0 Å². The first kappa shape index (κ1) is 15.1. The van der Waals surface area contributed by atoms with Gasteiger partial charge in [0.2, 0.25) is 0 Å². The van der Waals surface area contributed by atoms with Crippen molar-refractivity contribution in [3.05, 3.63) is 45.4 Å². The molecule has 0 aliphatic rings. The molecule has 3 nitrogen and oxygen atoms in total. The molecular weight excluding hydrogens is 321 g/mol. The molecule has 0 unspecified atom stereocenters. The monoisotopic (exact) mass is 331 g/mol. The lowest BCUT2D eigenvalue weighted by Gasteiger charge is -2.11. The summed E-state index contributed by atoms with van der Waals surface area (Å²) in [6.45, 7) is 2.43. The van der Waals surface area contributed by atoms with Crippen molar-refractivity contribution in [1.29, 1.82) is 0 Å². The second-order valence-corrected chi connectivity index (χ2v) is 5.19. The van der Waals surface area contributed by atoms with Crippen molar-refractivity contribution in [2.24, 2.45) is 0 Å². The Labute approximate surface area is 132 Å². The molecule has 0 saturated heterocycles. The Bertz CT molecular complexity index is 632. The molecule has 0 atom stereocenters. The van der Waals surface area contributed by atoms with Crippen LogP contribution in [0, 0.1) is 0 Å². The number of benzene rings is 2. The van der Waals surface area contributed by atoms with Crippen LogP contribution in [0.25, 0.3) is 0 Å². The molecule has 0 aromatic heterocycles. The zero-order valence-electron chi connectivity index (χ0n) is 10.6. The second-order valence-electron chi connectivity index (χ2n) is 3.97. The van der Waals surface area contributed by atoms with Crippen molar-refractivity contribution in [2.75, 3.05) is 12.3 Å². The summed E-state index contributed by atoms with van der Waals surface area (Å²) in [5, 5.41) is 1.09. The summed E-state index contributed by atoms with van der Waals surface area (Å²) in [5.41, 5.74) is 6.33. The van der Waals surface area contributed by atoms with Gasteiger partial charge in [0.05, 0.1) is 21.7 Å². The number of halogens is 3. The van der Waals surface area contributed by atoms with Crippen molar-refractivity contribution in [3.63, 3.8) is 0 Å². The van der Waals surface area contributed by atoms with Crippen molar-refractivity contribution in [2.45, 2.75) is 6.92 Å². The molecule has 0 bridgehead atoms. The number of rotatable bonds is 4. The molecule has 0 aliphatic heterocycles. The zero-order chi connectivity index (χ0) is 14.7. The van der Waals surface area contributed by atoms with Crippen molar-refractivity contribution >= 4 is 40.5 Å². The molecule has 106 valence electrons. The van der Waals surface area contributed by atoms with Crippen LogP contribution >= 0.6 is 34.8 Å². The Morgan fingerprint density at radius 1 is 0.900 bits per heavy atom. The van der Waals surface area contributed by atoms with Gasteiger partial charge < -0.3 is 15.2 Å². The minimum Gasteiger partial charge on any atom is -0.494 e. The molecule has 2 aromatic rings. The highest BCUT2D eigenvalue weighted by Crippen LogP contribution is 2.37. The van der Waals surface area contributed by atoms with Crippen LogP contribution in [0.2, 0.25) is 15.1 Å². The fourth-order valence-corrected chi connectivity index (χ4v) is 2.19.